The third-order valence-corrected chi connectivity index (χ3v) is 13.2. The summed E-state index contributed by atoms with van der Waals surface area (Å²) in [5, 5.41) is 0.797. The molecule has 2 bridgehead atoms. The topological polar surface area (TPSA) is 58.6 Å². The number of fused-ring (bicyclic) bond motifs is 2. The number of hydrogen-bond acceptors (Lipinski definition) is 4. The highest BCUT2D eigenvalue weighted by Gasteiger charge is 2.42. The third kappa shape index (κ3) is 6.31. The van der Waals surface area contributed by atoms with Gasteiger partial charge in [0.05, 0.1) is 12.3 Å². The maximum Gasteiger partial charge on any atom is 0.261 e. The average molecular weight is 611 g/mol. The summed E-state index contributed by atoms with van der Waals surface area (Å²) in [7, 11) is -2.93. The van der Waals surface area contributed by atoms with Crippen LogP contribution in [0.4, 0.5) is 5.69 Å². The van der Waals surface area contributed by atoms with E-state index in [1.54, 1.807) is 6.26 Å². The molecule has 7 heteroatoms. The number of amides is 1. The highest BCUT2D eigenvalue weighted by atomic mass is 35.5. The van der Waals surface area contributed by atoms with Crippen LogP contribution in [0.1, 0.15) is 86.2 Å². The Morgan fingerprint density at radius 1 is 1.00 bits per heavy atom. The van der Waals surface area contributed by atoms with Crippen molar-refractivity contribution < 1.29 is 13.7 Å². The van der Waals surface area contributed by atoms with Crippen molar-refractivity contribution in [1.82, 2.24) is 4.72 Å². The highest BCUT2D eigenvalue weighted by molar-refractivity contribution is 8.01. The van der Waals surface area contributed by atoms with E-state index in [-0.39, 0.29) is 23.0 Å². The SMILES string of the molecule is CCCc1cc(Cl)ccc1C1COc2ccc3cc2N(C1)CC1CCC1C/C=C/C[C@@H](C)C(C1CC1)[SH](C)(=O)NC3=O. The molecule has 228 valence electrons. The molecule has 6 rings (SSSR count). The van der Waals surface area contributed by atoms with E-state index < -0.39 is 10.1 Å². The molecular weight excluding hydrogens is 564 g/mol. The van der Waals surface area contributed by atoms with Crippen LogP contribution in [0, 0.1) is 23.7 Å². The number of hydrogen-bond donors (Lipinski definition) is 2. The van der Waals surface area contributed by atoms with Crippen molar-refractivity contribution in [3.05, 3.63) is 70.3 Å². The van der Waals surface area contributed by atoms with Crippen LogP contribution < -0.4 is 14.4 Å². The Kier molecular flexibility index (Phi) is 8.75. The molecule has 2 fully saturated rings. The monoisotopic (exact) mass is 610 g/mol. The van der Waals surface area contributed by atoms with Crippen LogP contribution in [-0.4, -0.2) is 41.3 Å². The lowest BCUT2D eigenvalue weighted by atomic mass is 9.71. The van der Waals surface area contributed by atoms with Crippen molar-refractivity contribution in [1.29, 1.82) is 0 Å². The number of thiol groups is 1. The molecule has 42 heavy (non-hydrogen) atoms. The van der Waals surface area contributed by atoms with Crippen LogP contribution in [0.15, 0.2) is 48.6 Å². The van der Waals surface area contributed by atoms with Gasteiger partial charge in [-0.05, 0) is 120 Å². The quantitative estimate of drug-likeness (QED) is 0.281. The molecule has 4 unspecified atom stereocenters. The number of rotatable bonds is 4. The first kappa shape index (κ1) is 29.7. The average Bonchev–Trinajstić information content (AvgIpc) is 3.78. The second-order valence-electron chi connectivity index (χ2n) is 13.5. The van der Waals surface area contributed by atoms with Gasteiger partial charge in [-0.3, -0.25) is 13.7 Å². The Labute approximate surface area is 258 Å². The zero-order valence-electron chi connectivity index (χ0n) is 25.4. The zero-order chi connectivity index (χ0) is 29.4. The molecule has 5 atom stereocenters. The molecule has 1 amide bonds. The first-order chi connectivity index (χ1) is 20.2. The van der Waals surface area contributed by atoms with Gasteiger partial charge in [0.25, 0.3) is 5.91 Å². The van der Waals surface area contributed by atoms with E-state index in [1.807, 2.05) is 24.3 Å². The van der Waals surface area contributed by atoms with Crippen molar-refractivity contribution in [3.63, 3.8) is 0 Å². The number of halogens is 1. The second-order valence-corrected chi connectivity index (χ2v) is 16.7. The molecule has 0 saturated heterocycles. The van der Waals surface area contributed by atoms with Crippen LogP contribution in [0.3, 0.4) is 0 Å². The molecule has 1 N–H and O–H groups in total. The number of anilines is 1. The minimum Gasteiger partial charge on any atom is -0.491 e. The maximum absolute atomic E-state index is 14.1. The lowest BCUT2D eigenvalue weighted by molar-refractivity contribution is 0.0981. The number of benzene rings is 2. The van der Waals surface area contributed by atoms with Gasteiger partial charge >= 0.3 is 0 Å². The molecule has 0 spiro atoms. The Morgan fingerprint density at radius 2 is 1.76 bits per heavy atom. The van der Waals surface area contributed by atoms with Gasteiger partial charge in [0.1, 0.15) is 5.75 Å². The molecule has 2 aromatic carbocycles. The number of allylic oxidation sites excluding steroid dienone is 2. The molecular formula is C35H47ClN2O3S. The summed E-state index contributed by atoms with van der Waals surface area (Å²) in [6, 6.07) is 12.1. The molecule has 4 aliphatic rings. The number of aryl methyl sites for hydroxylation is 1. The number of carbonyl (C=O) groups excluding carboxylic acids is 1. The van der Waals surface area contributed by atoms with E-state index in [0.717, 1.165) is 68.1 Å². The summed E-state index contributed by atoms with van der Waals surface area (Å²) in [5.74, 6) is 2.76. The number of ether oxygens (including phenoxy) is 1. The van der Waals surface area contributed by atoms with Crippen molar-refractivity contribution in [2.45, 2.75) is 76.4 Å². The van der Waals surface area contributed by atoms with Gasteiger partial charge < -0.3 is 9.64 Å². The molecule has 5 nitrogen and oxygen atoms in total. The summed E-state index contributed by atoms with van der Waals surface area (Å²) in [6.07, 6.45) is 15.2. The second kappa shape index (κ2) is 12.4. The zero-order valence-corrected chi connectivity index (χ0v) is 27.0. The van der Waals surface area contributed by atoms with Gasteiger partial charge in [-0.2, -0.15) is 0 Å². The Balaban J connectivity index is 1.36. The Hall–Kier alpha value is -2.31. The first-order valence-electron chi connectivity index (χ1n) is 16.1. The molecule has 0 radical (unpaired) electrons. The predicted octanol–water partition coefficient (Wildman–Crippen LogP) is 7.36. The van der Waals surface area contributed by atoms with Gasteiger partial charge in [-0.1, -0.05) is 50.1 Å². The van der Waals surface area contributed by atoms with Gasteiger partial charge in [-0.15, -0.1) is 0 Å². The largest absolute Gasteiger partial charge is 0.491 e. The molecule has 2 aliphatic carbocycles. The Morgan fingerprint density at radius 3 is 2.50 bits per heavy atom. The van der Waals surface area contributed by atoms with Gasteiger partial charge in [0, 0.05) is 41.1 Å². The van der Waals surface area contributed by atoms with E-state index in [9.17, 15) is 9.00 Å². The Bertz CT molecular complexity index is 1390. The minimum atomic E-state index is -2.93. The van der Waals surface area contributed by atoms with Crippen LogP contribution in [0.2, 0.25) is 5.02 Å². The van der Waals surface area contributed by atoms with E-state index in [0.29, 0.717) is 29.9 Å². The summed E-state index contributed by atoms with van der Waals surface area (Å²) in [5.41, 5.74) is 4.13. The number of nitrogens with one attached hydrogen (secondary N) is 1. The lowest BCUT2D eigenvalue weighted by Gasteiger charge is -2.41. The molecule has 0 aromatic heterocycles. The first-order valence-corrected chi connectivity index (χ1v) is 18.7. The van der Waals surface area contributed by atoms with Crippen LogP contribution in [-0.2, 0) is 16.5 Å². The summed E-state index contributed by atoms with van der Waals surface area (Å²) in [4.78, 5) is 16.2. The van der Waals surface area contributed by atoms with E-state index in [4.69, 9.17) is 16.3 Å². The fourth-order valence-corrected chi connectivity index (χ4v) is 10.9. The van der Waals surface area contributed by atoms with Crippen LogP contribution >= 0.6 is 11.6 Å². The van der Waals surface area contributed by atoms with Gasteiger partial charge in [-0.25, -0.2) is 0 Å². The van der Waals surface area contributed by atoms with E-state index in [1.165, 1.54) is 24.0 Å². The summed E-state index contributed by atoms with van der Waals surface area (Å²) in [6.45, 7) is 6.76. The standard InChI is InChI=1S/C35H47ClN2O3S/c1-4-7-26-18-30(36)15-16-31(26)29-21-38-20-28-13-10-24(28)9-6-5-8-23(2)34(25-11-12-25)42(3,40)37-35(39)27-14-17-33(41-22-29)32(38)19-27/h5-6,14-19,23-25,28-29,34,42H,4,7-13,20-22H2,1-3H3,(H,37,39,40)/b6-5+/t23-,24?,28?,29?,34?/m1/s1. The predicted molar refractivity (Wildman–Crippen MR) is 176 cm³/mol. The smallest absolute Gasteiger partial charge is 0.261 e. The number of carbonyl (C=O) groups is 1. The normalized spacial score (nSPS) is 31.0. The van der Waals surface area contributed by atoms with Crippen molar-refractivity contribution in [2.75, 3.05) is 30.9 Å². The summed E-state index contributed by atoms with van der Waals surface area (Å²) < 4.78 is 23.7. The summed E-state index contributed by atoms with van der Waals surface area (Å²) >= 11 is 6.42. The van der Waals surface area contributed by atoms with Crippen LogP contribution in [0.25, 0.3) is 0 Å². The maximum atomic E-state index is 14.1. The minimum absolute atomic E-state index is 0.0218. The highest BCUT2D eigenvalue weighted by Crippen LogP contribution is 2.44. The molecule has 2 aliphatic heterocycles. The lowest BCUT2D eigenvalue weighted by Crippen LogP contribution is -2.47. The van der Waals surface area contributed by atoms with Gasteiger partial charge in [0.2, 0.25) is 0 Å². The molecule has 2 aromatic rings. The van der Waals surface area contributed by atoms with E-state index in [2.05, 4.69) is 47.8 Å². The van der Waals surface area contributed by atoms with Crippen molar-refractivity contribution >= 4 is 33.3 Å². The van der Waals surface area contributed by atoms with Crippen molar-refractivity contribution in [2.24, 2.45) is 23.7 Å². The molecule has 2 saturated carbocycles. The fraction of sp³-hybridized carbons (Fsp3) is 0.571. The number of nitrogens with zero attached hydrogens (tertiary/aromatic N) is 1. The fourth-order valence-electron chi connectivity index (χ4n) is 7.78. The van der Waals surface area contributed by atoms with Crippen LogP contribution in [0.5, 0.6) is 5.75 Å². The van der Waals surface area contributed by atoms with Gasteiger partial charge in [0.15, 0.2) is 0 Å². The van der Waals surface area contributed by atoms with Crippen molar-refractivity contribution in [3.8, 4) is 5.75 Å². The molecule has 2 heterocycles. The van der Waals surface area contributed by atoms with E-state index >= 15 is 0 Å². The third-order valence-electron chi connectivity index (χ3n) is 10.2.